The number of allylic oxidation sites excluding steroid dienone is 1. The van der Waals surface area contributed by atoms with Crippen molar-refractivity contribution in [3.8, 4) is 5.75 Å². The summed E-state index contributed by atoms with van der Waals surface area (Å²) in [6, 6.07) is 5.87. The molecule has 2 amide bonds. The SMILES string of the molecule is C=CCn1c(=NC(=O)CSCC(=O)N2CCCC2)sc2cc(OCC)ccc21. The molecule has 6 nitrogen and oxygen atoms in total. The summed E-state index contributed by atoms with van der Waals surface area (Å²) in [5, 5.41) is 0. The van der Waals surface area contributed by atoms with Crippen molar-refractivity contribution in [3.63, 3.8) is 0 Å². The van der Waals surface area contributed by atoms with Gasteiger partial charge >= 0.3 is 0 Å². The number of thioether (sulfide) groups is 1. The number of ether oxygens (including phenoxy) is 1. The molecule has 0 N–H and O–H groups in total. The van der Waals surface area contributed by atoms with E-state index in [1.165, 1.54) is 23.1 Å². The molecular formula is C20H25N3O3S2. The molecule has 150 valence electrons. The lowest BCUT2D eigenvalue weighted by Gasteiger charge is -2.14. The van der Waals surface area contributed by atoms with Crippen molar-refractivity contribution in [2.75, 3.05) is 31.2 Å². The molecule has 1 aromatic carbocycles. The highest BCUT2D eigenvalue weighted by molar-refractivity contribution is 8.00. The maximum absolute atomic E-state index is 12.3. The van der Waals surface area contributed by atoms with Crippen molar-refractivity contribution in [1.29, 1.82) is 0 Å². The molecule has 1 aromatic heterocycles. The van der Waals surface area contributed by atoms with Gasteiger partial charge in [0, 0.05) is 19.6 Å². The summed E-state index contributed by atoms with van der Waals surface area (Å²) in [5.74, 6) is 1.22. The Balaban J connectivity index is 1.71. The second-order valence-corrected chi connectivity index (χ2v) is 8.43. The minimum absolute atomic E-state index is 0.113. The highest BCUT2D eigenvalue weighted by Crippen LogP contribution is 2.23. The van der Waals surface area contributed by atoms with Gasteiger partial charge in [-0.3, -0.25) is 9.59 Å². The van der Waals surface area contributed by atoms with Crippen molar-refractivity contribution in [3.05, 3.63) is 35.7 Å². The summed E-state index contributed by atoms with van der Waals surface area (Å²) in [6.45, 7) is 8.60. The zero-order valence-corrected chi connectivity index (χ0v) is 17.7. The van der Waals surface area contributed by atoms with E-state index in [9.17, 15) is 9.59 Å². The number of nitrogens with zero attached hydrogens (tertiary/aromatic N) is 3. The molecule has 0 radical (unpaired) electrons. The van der Waals surface area contributed by atoms with E-state index in [0.29, 0.717) is 23.7 Å². The fraction of sp³-hybridized carbons (Fsp3) is 0.450. The highest BCUT2D eigenvalue weighted by Gasteiger charge is 2.18. The lowest BCUT2D eigenvalue weighted by molar-refractivity contribution is -0.127. The lowest BCUT2D eigenvalue weighted by Crippen LogP contribution is -2.29. The Morgan fingerprint density at radius 1 is 1.32 bits per heavy atom. The van der Waals surface area contributed by atoms with Crippen LogP contribution < -0.4 is 9.54 Å². The maximum Gasteiger partial charge on any atom is 0.258 e. The van der Waals surface area contributed by atoms with Gasteiger partial charge in [-0.15, -0.1) is 18.3 Å². The predicted molar refractivity (Wildman–Crippen MR) is 115 cm³/mol. The maximum atomic E-state index is 12.3. The van der Waals surface area contributed by atoms with E-state index in [1.807, 2.05) is 34.6 Å². The normalized spacial score (nSPS) is 14.6. The minimum Gasteiger partial charge on any atom is -0.494 e. The fourth-order valence-electron chi connectivity index (χ4n) is 3.12. The Kier molecular flexibility index (Phi) is 7.33. The third-order valence-electron chi connectivity index (χ3n) is 4.41. The van der Waals surface area contributed by atoms with Crippen LogP contribution in [0.2, 0.25) is 0 Å². The molecule has 1 aliphatic heterocycles. The Morgan fingerprint density at radius 2 is 2.11 bits per heavy atom. The summed E-state index contributed by atoms with van der Waals surface area (Å²) in [6.07, 6.45) is 3.94. The predicted octanol–water partition coefficient (Wildman–Crippen LogP) is 3.07. The number of hydrogen-bond donors (Lipinski definition) is 0. The number of aromatic nitrogens is 1. The van der Waals surface area contributed by atoms with Crippen LogP contribution in [0, 0.1) is 0 Å². The molecule has 8 heteroatoms. The number of carbonyl (C=O) groups excluding carboxylic acids is 2. The summed E-state index contributed by atoms with van der Waals surface area (Å²) >= 11 is 2.79. The van der Waals surface area contributed by atoms with Gasteiger partial charge in [-0.1, -0.05) is 17.4 Å². The number of likely N-dealkylation sites (tertiary alicyclic amines) is 1. The van der Waals surface area contributed by atoms with E-state index < -0.39 is 0 Å². The minimum atomic E-state index is -0.228. The summed E-state index contributed by atoms with van der Waals surface area (Å²) < 4.78 is 8.55. The Morgan fingerprint density at radius 3 is 2.82 bits per heavy atom. The Labute approximate surface area is 172 Å². The molecule has 1 aliphatic rings. The molecule has 0 aliphatic carbocycles. The van der Waals surface area contributed by atoms with Crippen LogP contribution in [0.25, 0.3) is 10.2 Å². The van der Waals surface area contributed by atoms with Gasteiger partial charge in [-0.05, 0) is 38.0 Å². The molecule has 28 heavy (non-hydrogen) atoms. The molecule has 1 saturated heterocycles. The van der Waals surface area contributed by atoms with E-state index >= 15 is 0 Å². The number of benzene rings is 1. The van der Waals surface area contributed by atoms with Crippen LogP contribution in [0.5, 0.6) is 5.75 Å². The number of rotatable bonds is 8. The first kappa shape index (κ1) is 20.7. The quantitative estimate of drug-likeness (QED) is 0.617. The molecule has 0 spiro atoms. The molecule has 0 saturated carbocycles. The van der Waals surface area contributed by atoms with Gasteiger partial charge in [0.15, 0.2) is 4.80 Å². The van der Waals surface area contributed by atoms with Crippen LogP contribution in [-0.4, -0.2) is 52.5 Å². The fourth-order valence-corrected chi connectivity index (χ4v) is 4.91. The van der Waals surface area contributed by atoms with Crippen molar-refractivity contribution in [2.24, 2.45) is 4.99 Å². The summed E-state index contributed by atoms with van der Waals surface area (Å²) in [7, 11) is 0. The summed E-state index contributed by atoms with van der Waals surface area (Å²) in [5.41, 5.74) is 0.997. The monoisotopic (exact) mass is 419 g/mol. The van der Waals surface area contributed by atoms with Gasteiger partial charge in [0.1, 0.15) is 5.75 Å². The molecular weight excluding hydrogens is 394 g/mol. The number of fused-ring (bicyclic) bond motifs is 1. The van der Waals surface area contributed by atoms with Crippen LogP contribution in [0.3, 0.4) is 0 Å². The largest absolute Gasteiger partial charge is 0.494 e. The van der Waals surface area contributed by atoms with Crippen molar-refractivity contribution >= 4 is 45.1 Å². The van der Waals surface area contributed by atoms with E-state index in [4.69, 9.17) is 4.74 Å². The second kappa shape index (κ2) is 9.93. The van der Waals surface area contributed by atoms with E-state index in [2.05, 4.69) is 11.6 Å². The third kappa shape index (κ3) is 5.05. The molecule has 0 atom stereocenters. The van der Waals surface area contributed by atoms with E-state index in [-0.39, 0.29) is 17.6 Å². The van der Waals surface area contributed by atoms with Gasteiger partial charge in [0.25, 0.3) is 5.91 Å². The molecule has 3 rings (SSSR count). The Hall–Kier alpha value is -2.06. The van der Waals surface area contributed by atoms with Gasteiger partial charge < -0.3 is 14.2 Å². The number of hydrogen-bond acceptors (Lipinski definition) is 5. The van der Waals surface area contributed by atoms with Gasteiger partial charge in [-0.2, -0.15) is 4.99 Å². The topological polar surface area (TPSA) is 63.9 Å². The standard InChI is InChI=1S/C20H25N3O3S2/c1-3-9-23-16-8-7-15(26-4-2)12-17(16)28-20(23)21-18(24)13-27-14-19(25)22-10-5-6-11-22/h3,7-8,12H,1,4-6,9-11,13-14H2,2H3. The zero-order valence-electron chi connectivity index (χ0n) is 16.1. The van der Waals surface area contributed by atoms with Crippen molar-refractivity contribution in [2.45, 2.75) is 26.3 Å². The average Bonchev–Trinajstić information content (AvgIpc) is 3.31. The molecule has 1 fully saturated rings. The number of carbonyl (C=O) groups is 2. The summed E-state index contributed by atoms with van der Waals surface area (Å²) in [4.78, 5) is 31.2. The third-order valence-corrected chi connectivity index (χ3v) is 6.35. The zero-order chi connectivity index (χ0) is 19.9. The van der Waals surface area contributed by atoms with Crippen molar-refractivity contribution in [1.82, 2.24) is 9.47 Å². The van der Waals surface area contributed by atoms with Gasteiger partial charge in [-0.25, -0.2) is 0 Å². The first-order valence-corrected chi connectivity index (χ1v) is 11.4. The van der Waals surface area contributed by atoms with Crippen LogP contribution in [0.15, 0.2) is 35.8 Å². The van der Waals surface area contributed by atoms with Crippen LogP contribution in [0.4, 0.5) is 0 Å². The lowest BCUT2D eigenvalue weighted by atomic mass is 10.3. The van der Waals surface area contributed by atoms with Crippen LogP contribution in [-0.2, 0) is 16.1 Å². The molecule has 0 bridgehead atoms. The highest BCUT2D eigenvalue weighted by atomic mass is 32.2. The molecule has 2 heterocycles. The number of amides is 2. The molecule has 2 aromatic rings. The van der Waals surface area contributed by atoms with Gasteiger partial charge in [0.05, 0.1) is 28.3 Å². The van der Waals surface area contributed by atoms with Crippen molar-refractivity contribution < 1.29 is 14.3 Å². The smallest absolute Gasteiger partial charge is 0.258 e. The molecule has 0 unspecified atom stereocenters. The first-order chi connectivity index (χ1) is 13.6. The van der Waals surface area contributed by atoms with Crippen LogP contribution in [0.1, 0.15) is 19.8 Å². The second-order valence-electron chi connectivity index (χ2n) is 6.43. The Bertz CT molecular complexity index is 926. The van der Waals surface area contributed by atoms with Gasteiger partial charge in [0.2, 0.25) is 5.91 Å². The van der Waals surface area contributed by atoms with Crippen LogP contribution >= 0.6 is 23.1 Å². The van der Waals surface area contributed by atoms with E-state index in [1.54, 1.807) is 6.08 Å². The average molecular weight is 420 g/mol. The van der Waals surface area contributed by atoms with E-state index in [0.717, 1.165) is 41.9 Å². The number of thiazole rings is 1. The first-order valence-electron chi connectivity index (χ1n) is 9.42.